The maximum Gasteiger partial charge on any atom is 0.263 e. The van der Waals surface area contributed by atoms with E-state index in [0.717, 1.165) is 5.56 Å². The van der Waals surface area contributed by atoms with Crippen LogP contribution in [-0.2, 0) is 26.0 Å². The minimum Gasteiger partial charge on any atom is -0.339 e. The fourth-order valence-corrected chi connectivity index (χ4v) is 5.05. The van der Waals surface area contributed by atoms with Gasteiger partial charge in [-0.25, -0.2) is 12.8 Å². The van der Waals surface area contributed by atoms with Crippen LogP contribution in [0.3, 0.4) is 0 Å². The molecule has 2 aliphatic rings. The summed E-state index contributed by atoms with van der Waals surface area (Å²) in [6, 6.07) is 11.5. The van der Waals surface area contributed by atoms with Crippen LogP contribution in [0.2, 0.25) is 0 Å². The Kier molecular flexibility index (Phi) is 5.96. The molecule has 2 aromatic rings. The second kappa shape index (κ2) is 8.70. The summed E-state index contributed by atoms with van der Waals surface area (Å²) >= 11 is 0. The first-order valence-electron chi connectivity index (χ1n) is 10.3. The summed E-state index contributed by atoms with van der Waals surface area (Å²) in [6.45, 7) is 3.14. The highest BCUT2D eigenvalue weighted by atomic mass is 32.2. The molecule has 10 heteroatoms. The van der Waals surface area contributed by atoms with Crippen molar-refractivity contribution in [3.05, 3.63) is 65.5 Å². The van der Waals surface area contributed by atoms with E-state index in [0.29, 0.717) is 31.7 Å². The molecule has 168 valence electrons. The van der Waals surface area contributed by atoms with E-state index >= 15 is 0 Å². The quantitative estimate of drug-likeness (QED) is 0.744. The molecule has 0 spiro atoms. The van der Waals surface area contributed by atoms with Crippen molar-refractivity contribution in [1.29, 1.82) is 0 Å². The fourth-order valence-electron chi connectivity index (χ4n) is 3.81. The van der Waals surface area contributed by atoms with Crippen LogP contribution in [0.1, 0.15) is 18.1 Å². The Balaban J connectivity index is 1.36. The number of aliphatic imine (C=N–C) groups is 1. The summed E-state index contributed by atoms with van der Waals surface area (Å²) in [4.78, 5) is 33.2. The molecule has 0 aliphatic carbocycles. The number of carbonyl (C=O) groups is 2. The maximum absolute atomic E-state index is 13.0. The van der Waals surface area contributed by atoms with Gasteiger partial charge in [-0.2, -0.15) is 0 Å². The molecule has 0 radical (unpaired) electrons. The number of sulfonamides is 1. The van der Waals surface area contributed by atoms with E-state index in [-0.39, 0.29) is 34.8 Å². The van der Waals surface area contributed by atoms with E-state index in [9.17, 15) is 22.4 Å². The van der Waals surface area contributed by atoms with Crippen molar-refractivity contribution in [2.75, 3.05) is 26.2 Å². The minimum atomic E-state index is -3.67. The summed E-state index contributed by atoms with van der Waals surface area (Å²) in [6.07, 6.45) is 0.178. The van der Waals surface area contributed by atoms with Gasteiger partial charge in [0.15, 0.2) is 0 Å². The summed E-state index contributed by atoms with van der Waals surface area (Å²) in [5.41, 5.74) is 1.18. The Morgan fingerprint density at radius 2 is 1.66 bits per heavy atom. The summed E-state index contributed by atoms with van der Waals surface area (Å²) in [5.74, 6) is -0.491. The van der Waals surface area contributed by atoms with E-state index in [1.165, 1.54) is 18.2 Å². The lowest BCUT2D eigenvalue weighted by Gasteiger charge is -2.35. The first-order valence-corrected chi connectivity index (χ1v) is 11.7. The van der Waals surface area contributed by atoms with Crippen LogP contribution in [0.15, 0.2) is 58.4 Å². The molecule has 0 saturated carbocycles. The molecule has 0 bridgehead atoms. The minimum absolute atomic E-state index is 0.0750. The number of nitrogens with zero attached hydrogens (tertiary/aromatic N) is 3. The van der Waals surface area contributed by atoms with Crippen molar-refractivity contribution >= 4 is 27.7 Å². The van der Waals surface area contributed by atoms with Crippen molar-refractivity contribution in [2.24, 2.45) is 4.99 Å². The monoisotopic (exact) mass is 458 g/mol. The number of rotatable bonds is 4. The van der Waals surface area contributed by atoms with Crippen LogP contribution in [0.25, 0.3) is 0 Å². The number of amidine groups is 1. The molecule has 1 fully saturated rings. The maximum atomic E-state index is 13.0. The highest BCUT2D eigenvalue weighted by Gasteiger charge is 2.32. The van der Waals surface area contributed by atoms with Gasteiger partial charge < -0.3 is 9.80 Å². The normalized spacial score (nSPS) is 19.4. The van der Waals surface area contributed by atoms with Gasteiger partial charge in [0.25, 0.3) is 10.0 Å². The van der Waals surface area contributed by atoms with Crippen LogP contribution < -0.4 is 4.72 Å². The molecule has 2 aliphatic heterocycles. The van der Waals surface area contributed by atoms with E-state index in [1.807, 2.05) is 0 Å². The second-order valence-electron chi connectivity index (χ2n) is 7.76. The smallest absolute Gasteiger partial charge is 0.263 e. The van der Waals surface area contributed by atoms with E-state index in [4.69, 9.17) is 0 Å². The molecular formula is C22H23FN4O4S. The average molecular weight is 459 g/mol. The van der Waals surface area contributed by atoms with E-state index < -0.39 is 16.1 Å². The lowest BCUT2D eigenvalue weighted by atomic mass is 10.1. The average Bonchev–Trinajstić information content (AvgIpc) is 3.05. The number of benzene rings is 2. The van der Waals surface area contributed by atoms with Crippen LogP contribution in [0.4, 0.5) is 4.39 Å². The Labute approximate surface area is 185 Å². The highest BCUT2D eigenvalue weighted by Crippen LogP contribution is 2.23. The first-order chi connectivity index (χ1) is 15.2. The molecule has 0 unspecified atom stereocenters. The molecule has 2 aromatic carbocycles. The largest absolute Gasteiger partial charge is 0.339 e. The van der Waals surface area contributed by atoms with Gasteiger partial charge in [0.2, 0.25) is 11.8 Å². The van der Waals surface area contributed by atoms with Gasteiger partial charge in [-0.05, 0) is 36.8 Å². The number of halogens is 1. The zero-order chi connectivity index (χ0) is 22.9. The lowest BCUT2D eigenvalue weighted by molar-refractivity contribution is -0.139. The molecule has 32 heavy (non-hydrogen) atoms. The molecular weight excluding hydrogens is 435 g/mol. The Hall–Kier alpha value is -3.27. The number of amides is 2. The third kappa shape index (κ3) is 4.50. The Bertz CT molecular complexity index is 1170. The predicted octanol–water partition coefficient (Wildman–Crippen LogP) is 1.17. The number of carbonyl (C=O) groups excluding carboxylic acids is 2. The molecule has 4 rings (SSSR count). The lowest BCUT2D eigenvalue weighted by Crippen LogP contribution is -2.52. The third-order valence-electron chi connectivity index (χ3n) is 5.56. The topological polar surface area (TPSA) is 99.1 Å². The van der Waals surface area contributed by atoms with Crippen molar-refractivity contribution < 1.29 is 22.4 Å². The van der Waals surface area contributed by atoms with Crippen LogP contribution in [0.5, 0.6) is 0 Å². The van der Waals surface area contributed by atoms with Crippen LogP contribution in [-0.4, -0.2) is 68.1 Å². The third-order valence-corrected chi connectivity index (χ3v) is 6.95. The summed E-state index contributed by atoms with van der Waals surface area (Å²) < 4.78 is 39.9. The zero-order valence-corrected chi connectivity index (χ0v) is 18.3. The van der Waals surface area contributed by atoms with Gasteiger partial charge in [-0.1, -0.05) is 24.3 Å². The number of piperazine rings is 1. The summed E-state index contributed by atoms with van der Waals surface area (Å²) in [5, 5.41) is 0. The van der Waals surface area contributed by atoms with E-state index in [2.05, 4.69) is 9.71 Å². The highest BCUT2D eigenvalue weighted by molar-refractivity contribution is 7.90. The van der Waals surface area contributed by atoms with Crippen LogP contribution >= 0.6 is 0 Å². The molecule has 1 atom stereocenters. The Morgan fingerprint density at radius 1 is 1.03 bits per heavy atom. The van der Waals surface area contributed by atoms with Gasteiger partial charge in [0, 0.05) is 31.7 Å². The predicted molar refractivity (Wildman–Crippen MR) is 116 cm³/mol. The van der Waals surface area contributed by atoms with Gasteiger partial charge in [0.05, 0.1) is 11.3 Å². The van der Waals surface area contributed by atoms with Gasteiger partial charge in [0.1, 0.15) is 17.7 Å². The number of hydrogen-bond acceptors (Lipinski definition) is 5. The van der Waals surface area contributed by atoms with Crippen molar-refractivity contribution in [2.45, 2.75) is 24.3 Å². The second-order valence-corrected chi connectivity index (χ2v) is 9.42. The van der Waals surface area contributed by atoms with Gasteiger partial charge in [-0.15, -0.1) is 0 Å². The van der Waals surface area contributed by atoms with Gasteiger partial charge in [-0.3, -0.25) is 19.3 Å². The molecule has 1 N–H and O–H groups in total. The zero-order valence-electron chi connectivity index (χ0n) is 17.5. The first kappa shape index (κ1) is 21.9. The molecule has 8 nitrogen and oxygen atoms in total. The molecule has 1 saturated heterocycles. The van der Waals surface area contributed by atoms with Crippen molar-refractivity contribution in [3.63, 3.8) is 0 Å². The van der Waals surface area contributed by atoms with Gasteiger partial charge >= 0.3 is 0 Å². The fraction of sp³-hybridized carbons (Fsp3) is 0.318. The molecule has 2 amide bonds. The van der Waals surface area contributed by atoms with Crippen molar-refractivity contribution in [3.8, 4) is 0 Å². The number of nitrogens with one attached hydrogen (secondary N) is 1. The van der Waals surface area contributed by atoms with E-state index in [1.54, 1.807) is 47.1 Å². The Morgan fingerprint density at radius 3 is 2.34 bits per heavy atom. The SMILES string of the molecule is C[C@H](N=C1NS(=O)(=O)c2ccccc21)C(=O)N1CCN(C(=O)Cc2ccc(F)cc2)CC1. The molecule has 0 aromatic heterocycles. The summed E-state index contributed by atoms with van der Waals surface area (Å²) in [7, 11) is -3.67. The molecule has 2 heterocycles. The van der Waals surface area contributed by atoms with Crippen molar-refractivity contribution in [1.82, 2.24) is 14.5 Å². The standard InChI is InChI=1S/C22H23FN4O4S/c1-15(24-21-18-4-2-3-5-19(18)32(30,31)25-21)22(29)27-12-10-26(11-13-27)20(28)14-16-6-8-17(23)9-7-16/h2-9,15H,10-14H2,1H3,(H,24,25)/t15-/m0/s1. The van der Waals surface area contributed by atoms with Crippen LogP contribution in [0, 0.1) is 5.82 Å². The number of fused-ring (bicyclic) bond motifs is 1. The number of hydrogen-bond donors (Lipinski definition) is 1.